The molecule has 0 bridgehead atoms. The Labute approximate surface area is 112 Å². The molecular formula is C12H10IN3O. The summed E-state index contributed by atoms with van der Waals surface area (Å²) < 4.78 is 8.20. The number of anilines is 1. The van der Waals surface area contributed by atoms with E-state index in [1.54, 1.807) is 12.5 Å². The van der Waals surface area contributed by atoms with Gasteiger partial charge in [0.25, 0.3) is 0 Å². The van der Waals surface area contributed by atoms with Crippen LogP contribution < -0.4 is 5.73 Å². The van der Waals surface area contributed by atoms with E-state index in [1.165, 1.54) is 0 Å². The molecule has 0 aliphatic carbocycles. The Bertz CT molecular complexity index is 658. The zero-order chi connectivity index (χ0) is 11.8. The van der Waals surface area contributed by atoms with Gasteiger partial charge in [-0.3, -0.25) is 0 Å². The van der Waals surface area contributed by atoms with Crippen molar-refractivity contribution in [3.8, 4) is 0 Å². The lowest BCUT2D eigenvalue weighted by atomic mass is 10.3. The van der Waals surface area contributed by atoms with Crippen molar-refractivity contribution in [2.24, 2.45) is 0 Å². The summed E-state index contributed by atoms with van der Waals surface area (Å²) in [5.74, 6) is 0.531. The van der Waals surface area contributed by atoms with Crippen molar-refractivity contribution < 1.29 is 4.42 Å². The maximum Gasteiger partial charge on any atom is 0.201 e. The van der Waals surface area contributed by atoms with Crippen LogP contribution in [0.1, 0.15) is 5.56 Å². The van der Waals surface area contributed by atoms with Crippen LogP contribution in [0.5, 0.6) is 0 Å². The zero-order valence-corrected chi connectivity index (χ0v) is 11.1. The van der Waals surface area contributed by atoms with E-state index in [9.17, 15) is 0 Å². The summed E-state index contributed by atoms with van der Waals surface area (Å²) in [5, 5.41) is 0. The van der Waals surface area contributed by atoms with Crippen molar-refractivity contribution in [1.82, 2.24) is 9.55 Å². The largest absolute Gasteiger partial charge is 0.472 e. The monoisotopic (exact) mass is 339 g/mol. The summed E-state index contributed by atoms with van der Waals surface area (Å²) in [6, 6.07) is 8.05. The number of halogens is 1. The van der Waals surface area contributed by atoms with Gasteiger partial charge in [-0.15, -0.1) is 0 Å². The fourth-order valence-corrected chi connectivity index (χ4v) is 2.33. The van der Waals surface area contributed by atoms with Gasteiger partial charge in [0.05, 0.1) is 30.1 Å². The highest BCUT2D eigenvalue weighted by Crippen LogP contribution is 2.21. The molecule has 3 rings (SSSR count). The molecule has 1 aromatic carbocycles. The van der Waals surface area contributed by atoms with Crippen molar-refractivity contribution in [3.63, 3.8) is 0 Å². The molecule has 0 saturated carbocycles. The first-order valence-corrected chi connectivity index (χ1v) is 6.24. The first-order valence-electron chi connectivity index (χ1n) is 5.16. The van der Waals surface area contributed by atoms with Crippen LogP contribution >= 0.6 is 22.6 Å². The summed E-state index contributed by atoms with van der Waals surface area (Å²) in [6.07, 6.45) is 3.38. The zero-order valence-electron chi connectivity index (χ0n) is 8.93. The van der Waals surface area contributed by atoms with E-state index in [4.69, 9.17) is 10.2 Å². The van der Waals surface area contributed by atoms with E-state index >= 15 is 0 Å². The molecule has 0 spiro atoms. The smallest absolute Gasteiger partial charge is 0.201 e. The van der Waals surface area contributed by atoms with Gasteiger partial charge in [-0.05, 0) is 46.9 Å². The molecule has 0 atom stereocenters. The molecule has 2 N–H and O–H groups in total. The third-order valence-electron chi connectivity index (χ3n) is 2.66. The second-order valence-corrected chi connectivity index (χ2v) is 5.07. The van der Waals surface area contributed by atoms with E-state index in [2.05, 4.69) is 33.6 Å². The summed E-state index contributed by atoms with van der Waals surface area (Å²) in [7, 11) is 0. The first kappa shape index (κ1) is 10.6. The minimum atomic E-state index is 0.531. The number of imidazole rings is 1. The van der Waals surface area contributed by atoms with Gasteiger partial charge < -0.3 is 14.7 Å². The topological polar surface area (TPSA) is 57.0 Å². The van der Waals surface area contributed by atoms with E-state index < -0.39 is 0 Å². The Morgan fingerprint density at radius 3 is 3.00 bits per heavy atom. The molecule has 3 aromatic rings. The molecule has 86 valence electrons. The van der Waals surface area contributed by atoms with Crippen LogP contribution in [0.25, 0.3) is 11.0 Å². The van der Waals surface area contributed by atoms with Crippen molar-refractivity contribution in [3.05, 3.63) is 45.9 Å². The second-order valence-electron chi connectivity index (χ2n) is 3.82. The van der Waals surface area contributed by atoms with E-state index in [0.717, 1.165) is 20.2 Å². The number of benzene rings is 1. The maximum absolute atomic E-state index is 5.94. The van der Waals surface area contributed by atoms with Crippen LogP contribution in [0.2, 0.25) is 0 Å². The van der Waals surface area contributed by atoms with Crippen LogP contribution in [-0.2, 0) is 6.54 Å². The molecule has 5 heteroatoms. The molecule has 2 heterocycles. The quantitative estimate of drug-likeness (QED) is 0.731. The van der Waals surface area contributed by atoms with Gasteiger partial charge in [-0.25, -0.2) is 4.98 Å². The molecule has 0 fully saturated rings. The van der Waals surface area contributed by atoms with Gasteiger partial charge in [0.15, 0.2) is 0 Å². The van der Waals surface area contributed by atoms with Crippen molar-refractivity contribution >= 4 is 39.6 Å². The number of hydrogen-bond acceptors (Lipinski definition) is 3. The summed E-state index contributed by atoms with van der Waals surface area (Å²) in [6.45, 7) is 0.680. The highest BCUT2D eigenvalue weighted by atomic mass is 127. The molecule has 0 aliphatic heterocycles. The second kappa shape index (κ2) is 4.06. The normalized spacial score (nSPS) is 11.1. The minimum Gasteiger partial charge on any atom is -0.472 e. The van der Waals surface area contributed by atoms with Crippen molar-refractivity contribution in [2.45, 2.75) is 6.54 Å². The first-order chi connectivity index (χ1) is 8.24. The van der Waals surface area contributed by atoms with Gasteiger partial charge >= 0.3 is 0 Å². The summed E-state index contributed by atoms with van der Waals surface area (Å²) >= 11 is 2.27. The Hall–Kier alpha value is -1.50. The van der Waals surface area contributed by atoms with E-state index in [0.29, 0.717) is 12.5 Å². The standard InChI is InChI=1S/C12H10IN3O/c13-9-1-2-11-10(5-9)15-12(14)16(11)6-8-3-4-17-7-8/h1-5,7H,6H2,(H2,14,15). The predicted molar refractivity (Wildman–Crippen MR) is 74.7 cm³/mol. The molecule has 0 unspecified atom stereocenters. The van der Waals surface area contributed by atoms with Crippen molar-refractivity contribution in [2.75, 3.05) is 5.73 Å². The van der Waals surface area contributed by atoms with E-state index in [1.807, 2.05) is 22.8 Å². The Kier molecular flexibility index (Phi) is 2.54. The fraction of sp³-hybridized carbons (Fsp3) is 0.0833. The Morgan fingerprint density at radius 2 is 2.24 bits per heavy atom. The Balaban J connectivity index is 2.12. The summed E-state index contributed by atoms with van der Waals surface area (Å²) in [4.78, 5) is 4.36. The lowest BCUT2D eigenvalue weighted by molar-refractivity contribution is 0.562. The number of hydrogen-bond donors (Lipinski definition) is 1. The van der Waals surface area contributed by atoms with Gasteiger partial charge in [-0.2, -0.15) is 0 Å². The molecule has 2 aromatic heterocycles. The average molecular weight is 339 g/mol. The maximum atomic E-state index is 5.94. The molecule has 4 nitrogen and oxygen atoms in total. The molecule has 0 saturated heterocycles. The number of nitrogens with zero attached hydrogens (tertiary/aromatic N) is 2. The van der Waals surface area contributed by atoms with Gasteiger partial charge in [-0.1, -0.05) is 0 Å². The number of nitrogens with two attached hydrogens (primary N) is 1. The van der Waals surface area contributed by atoms with Crippen LogP contribution in [0.15, 0.2) is 41.2 Å². The van der Waals surface area contributed by atoms with Crippen LogP contribution in [0, 0.1) is 3.57 Å². The van der Waals surface area contributed by atoms with Gasteiger partial charge in [0.2, 0.25) is 5.95 Å². The average Bonchev–Trinajstić information content (AvgIpc) is 2.88. The third-order valence-corrected chi connectivity index (χ3v) is 3.33. The Morgan fingerprint density at radius 1 is 1.35 bits per heavy atom. The van der Waals surface area contributed by atoms with Gasteiger partial charge in [0.1, 0.15) is 0 Å². The lowest BCUT2D eigenvalue weighted by Crippen LogP contribution is -2.03. The number of furan rings is 1. The lowest BCUT2D eigenvalue weighted by Gasteiger charge is -2.03. The highest BCUT2D eigenvalue weighted by Gasteiger charge is 2.09. The number of rotatable bonds is 2. The summed E-state index contributed by atoms with van der Waals surface area (Å²) in [5.41, 5.74) is 8.99. The van der Waals surface area contributed by atoms with Crippen LogP contribution in [0.4, 0.5) is 5.95 Å². The van der Waals surface area contributed by atoms with Crippen molar-refractivity contribution in [1.29, 1.82) is 0 Å². The number of aromatic nitrogens is 2. The minimum absolute atomic E-state index is 0.531. The molecular weight excluding hydrogens is 329 g/mol. The molecule has 0 aliphatic rings. The molecule has 17 heavy (non-hydrogen) atoms. The van der Waals surface area contributed by atoms with Gasteiger partial charge in [0, 0.05) is 9.13 Å². The highest BCUT2D eigenvalue weighted by molar-refractivity contribution is 14.1. The fourth-order valence-electron chi connectivity index (χ4n) is 1.85. The number of nitrogen functional groups attached to an aromatic ring is 1. The molecule has 0 amide bonds. The number of fused-ring (bicyclic) bond motifs is 1. The predicted octanol–water partition coefficient (Wildman–Crippen LogP) is 2.86. The van der Waals surface area contributed by atoms with Crippen LogP contribution in [-0.4, -0.2) is 9.55 Å². The van der Waals surface area contributed by atoms with E-state index in [-0.39, 0.29) is 0 Å². The molecule has 0 radical (unpaired) electrons. The van der Waals surface area contributed by atoms with Crippen LogP contribution in [0.3, 0.4) is 0 Å². The third kappa shape index (κ3) is 1.90. The SMILES string of the molecule is Nc1nc2cc(I)ccc2n1Cc1ccoc1.